The van der Waals surface area contributed by atoms with Crippen LogP contribution in [0.5, 0.6) is 0 Å². The van der Waals surface area contributed by atoms with Crippen LogP contribution < -0.4 is 0 Å². The Labute approximate surface area is 168 Å². The normalized spacial score (nSPS) is 11.6. The van der Waals surface area contributed by atoms with E-state index in [2.05, 4.69) is 0 Å². The van der Waals surface area contributed by atoms with Gasteiger partial charge in [0.2, 0.25) is 0 Å². The van der Waals surface area contributed by atoms with Crippen LogP contribution in [0.4, 0.5) is 0 Å². The predicted molar refractivity (Wildman–Crippen MR) is 103 cm³/mol. The van der Waals surface area contributed by atoms with Crippen molar-refractivity contribution in [2.75, 3.05) is 0 Å². The Bertz CT molecular complexity index is 1040. The third-order valence-electron chi connectivity index (χ3n) is 4.48. The van der Waals surface area contributed by atoms with Gasteiger partial charge in [-0.15, -0.1) is 29.8 Å². The molecule has 1 aliphatic carbocycles. The van der Waals surface area contributed by atoms with E-state index in [0.717, 1.165) is 11.1 Å². The van der Waals surface area contributed by atoms with Crippen molar-refractivity contribution in [2.24, 2.45) is 0 Å². The number of carbonyl (C=O) groups is 2. The Balaban J connectivity index is 0.000000306. The minimum Gasteiger partial charge on any atom is -0.748 e. The zero-order valence-electron chi connectivity index (χ0n) is 14.4. The van der Waals surface area contributed by atoms with Crippen LogP contribution in [-0.2, 0) is 17.1 Å². The summed E-state index contributed by atoms with van der Waals surface area (Å²) in [5.41, 5.74) is 3.99. The average molecular weight is 392 g/mol. The van der Waals surface area contributed by atoms with Crippen LogP contribution in [0, 0.1) is 0 Å². The summed E-state index contributed by atoms with van der Waals surface area (Å²) in [4.78, 5) is 25.1. The molecule has 0 radical (unpaired) electrons. The van der Waals surface area contributed by atoms with E-state index < -0.39 is 0 Å². The molecule has 0 saturated carbocycles. The molecule has 0 saturated heterocycles. The quantitative estimate of drug-likeness (QED) is 0.288. The minimum atomic E-state index is -0.0754. The van der Waals surface area contributed by atoms with E-state index in [1.165, 1.54) is 0 Å². The summed E-state index contributed by atoms with van der Waals surface area (Å²) in [6, 6.07) is 30.4. The molecule has 0 unspecified atom stereocenters. The molecular formula is C24H16FeO2-6. The first-order chi connectivity index (χ1) is 12.8. The first kappa shape index (κ1) is 18.8. The van der Waals surface area contributed by atoms with E-state index >= 15 is 0 Å². The third-order valence-corrected chi connectivity index (χ3v) is 4.48. The van der Waals surface area contributed by atoms with Crippen LogP contribution in [-0.4, -0.2) is 11.6 Å². The summed E-state index contributed by atoms with van der Waals surface area (Å²) < 4.78 is 0. The van der Waals surface area contributed by atoms with Gasteiger partial charge in [0.25, 0.3) is 0 Å². The average Bonchev–Trinajstić information content (AvgIpc) is 3.42. The Morgan fingerprint density at radius 3 is 1.63 bits per heavy atom. The maximum Gasteiger partial charge on any atom is 0.193 e. The summed E-state index contributed by atoms with van der Waals surface area (Å²) in [5, 5.41) is 0. The molecule has 2 nitrogen and oxygen atoms in total. The summed E-state index contributed by atoms with van der Waals surface area (Å²) >= 11 is 0. The van der Waals surface area contributed by atoms with E-state index in [9.17, 15) is 9.59 Å². The molecular weight excluding hydrogens is 376 g/mol. The molecule has 0 spiro atoms. The molecule has 0 aromatic heterocycles. The van der Waals surface area contributed by atoms with Crippen LogP contribution >= 0.6 is 0 Å². The number of ketones is 2. The topological polar surface area (TPSA) is 34.1 Å². The Morgan fingerprint density at radius 2 is 1.07 bits per heavy atom. The van der Waals surface area contributed by atoms with Gasteiger partial charge in [0.1, 0.15) is 0 Å². The monoisotopic (exact) mass is 392 g/mol. The second-order valence-corrected chi connectivity index (χ2v) is 6.10. The van der Waals surface area contributed by atoms with E-state index in [-0.39, 0.29) is 28.6 Å². The van der Waals surface area contributed by atoms with Gasteiger partial charge in [-0.25, -0.2) is 0 Å². The standard InChI is InChI=1S/C19H11O2.C5H5.Fe/c20-18-14-7-3-4-8-15(14)19(21)17-11-13(9-10-16(17)18)12-5-1-2-6-12;1-2-4-5-3-1;/h1-11H;1-5H;/q-1;-5;. The van der Waals surface area contributed by atoms with Crippen molar-refractivity contribution in [2.45, 2.75) is 0 Å². The maximum absolute atomic E-state index is 12.6. The summed E-state index contributed by atoms with van der Waals surface area (Å²) in [6.07, 6.45) is 0. The number of carbonyl (C=O) groups excluding carboxylic acids is 2. The smallest absolute Gasteiger partial charge is 0.193 e. The molecule has 0 fully saturated rings. The zero-order chi connectivity index (χ0) is 17.9. The van der Waals surface area contributed by atoms with Crippen molar-refractivity contribution in [3.63, 3.8) is 0 Å². The summed E-state index contributed by atoms with van der Waals surface area (Å²) in [5.74, 6) is -0.150. The summed E-state index contributed by atoms with van der Waals surface area (Å²) in [6.45, 7) is 0. The second-order valence-electron chi connectivity index (χ2n) is 6.10. The van der Waals surface area contributed by atoms with Gasteiger partial charge in [-0.1, -0.05) is 35.9 Å². The van der Waals surface area contributed by atoms with Crippen molar-refractivity contribution >= 4 is 11.6 Å². The molecule has 0 N–H and O–H groups in total. The van der Waals surface area contributed by atoms with Gasteiger partial charge in [-0.3, -0.25) is 9.59 Å². The molecule has 0 aliphatic heterocycles. The molecule has 3 heteroatoms. The van der Waals surface area contributed by atoms with Gasteiger partial charge >= 0.3 is 0 Å². The van der Waals surface area contributed by atoms with Crippen molar-refractivity contribution < 1.29 is 26.7 Å². The largest absolute Gasteiger partial charge is 0.748 e. The molecule has 27 heavy (non-hydrogen) atoms. The first-order valence-corrected chi connectivity index (χ1v) is 8.47. The summed E-state index contributed by atoms with van der Waals surface area (Å²) in [7, 11) is 0. The Hall–Kier alpha value is -3.00. The fourth-order valence-electron chi connectivity index (χ4n) is 3.17. The molecule has 0 atom stereocenters. The number of hydrogen-bond donors (Lipinski definition) is 0. The van der Waals surface area contributed by atoms with Gasteiger partial charge in [-0.05, 0) is 0 Å². The number of benzene rings is 2. The van der Waals surface area contributed by atoms with Crippen molar-refractivity contribution in [1.82, 2.24) is 0 Å². The number of fused-ring (bicyclic) bond motifs is 2. The van der Waals surface area contributed by atoms with Crippen LogP contribution in [0.1, 0.15) is 31.8 Å². The molecule has 0 bridgehead atoms. The van der Waals surface area contributed by atoms with E-state index in [4.69, 9.17) is 0 Å². The maximum atomic E-state index is 12.6. The molecule has 0 heterocycles. The Morgan fingerprint density at radius 1 is 0.593 bits per heavy atom. The zero-order valence-corrected chi connectivity index (χ0v) is 15.5. The van der Waals surface area contributed by atoms with E-state index in [0.29, 0.717) is 22.3 Å². The van der Waals surface area contributed by atoms with Gasteiger partial charge in [0.15, 0.2) is 11.6 Å². The molecule has 0 amide bonds. The molecule has 1 aliphatic rings. The Kier molecular flexibility index (Phi) is 5.66. The van der Waals surface area contributed by atoms with E-state index in [1.807, 2.05) is 66.7 Å². The van der Waals surface area contributed by atoms with E-state index in [1.54, 1.807) is 30.3 Å². The minimum absolute atomic E-state index is 0. The predicted octanol–water partition coefficient (Wildman–Crippen LogP) is 5.25. The SMILES string of the molecule is O=C1c2ccccc2C(=O)c2cc(-[c-]3cccc3)ccc21.[Fe].[cH-]1[cH-][cH-][cH-][cH-]1. The van der Waals surface area contributed by atoms with Crippen LogP contribution in [0.25, 0.3) is 11.1 Å². The van der Waals surface area contributed by atoms with Crippen LogP contribution in [0.2, 0.25) is 0 Å². The van der Waals surface area contributed by atoms with Crippen molar-refractivity contribution in [3.05, 3.63) is 119 Å². The fraction of sp³-hybridized carbons (Fsp3) is 0. The third kappa shape index (κ3) is 3.61. The molecule has 4 aromatic rings. The van der Waals surface area contributed by atoms with Gasteiger partial charge < -0.3 is 30.3 Å². The van der Waals surface area contributed by atoms with Crippen molar-refractivity contribution in [3.8, 4) is 11.1 Å². The molecule has 4 aromatic carbocycles. The number of hydrogen-bond acceptors (Lipinski definition) is 2. The molecule has 5 rings (SSSR count). The fourth-order valence-corrected chi connectivity index (χ4v) is 3.17. The van der Waals surface area contributed by atoms with Gasteiger partial charge in [-0.2, -0.15) is 12.1 Å². The van der Waals surface area contributed by atoms with Gasteiger partial charge in [0.05, 0.1) is 0 Å². The second kappa shape index (κ2) is 8.13. The van der Waals surface area contributed by atoms with Crippen LogP contribution in [0.15, 0.2) is 97.1 Å². The number of rotatable bonds is 1. The van der Waals surface area contributed by atoms with Crippen LogP contribution in [0.3, 0.4) is 0 Å². The van der Waals surface area contributed by atoms with Gasteiger partial charge in [0, 0.05) is 39.3 Å². The van der Waals surface area contributed by atoms with Crippen molar-refractivity contribution in [1.29, 1.82) is 0 Å². The first-order valence-electron chi connectivity index (χ1n) is 8.47. The molecule has 138 valence electrons.